The van der Waals surface area contributed by atoms with Crippen molar-refractivity contribution in [2.45, 2.75) is 19.4 Å². The molecule has 4 nitrogen and oxygen atoms in total. The number of anilines is 1. The van der Waals surface area contributed by atoms with Gasteiger partial charge in [0.2, 0.25) is 5.91 Å². The standard InChI is InChI=1S/C17H19N3O/c1-13-5-4-6-14(9-13)10-17(21)19-15-11-20(12-15)16-7-2-3-8-18-16/h2-9,15H,10-12H2,1H3,(H,19,21). The minimum absolute atomic E-state index is 0.0891. The van der Waals surface area contributed by atoms with Gasteiger partial charge in [0.15, 0.2) is 0 Å². The average Bonchev–Trinajstić information content (AvgIpc) is 2.43. The summed E-state index contributed by atoms with van der Waals surface area (Å²) in [5, 5.41) is 3.08. The van der Waals surface area contributed by atoms with Crippen molar-refractivity contribution in [3.63, 3.8) is 0 Å². The Kier molecular flexibility index (Phi) is 3.86. The predicted molar refractivity (Wildman–Crippen MR) is 83.3 cm³/mol. The Bertz CT molecular complexity index is 621. The molecule has 2 aromatic rings. The fraction of sp³-hybridized carbons (Fsp3) is 0.294. The van der Waals surface area contributed by atoms with Crippen LogP contribution in [0.4, 0.5) is 5.82 Å². The third-order valence-electron chi connectivity index (χ3n) is 3.67. The third-order valence-corrected chi connectivity index (χ3v) is 3.67. The first-order valence-electron chi connectivity index (χ1n) is 7.21. The van der Waals surface area contributed by atoms with Crippen LogP contribution in [0.1, 0.15) is 11.1 Å². The largest absolute Gasteiger partial charge is 0.352 e. The number of hydrogen-bond acceptors (Lipinski definition) is 3. The van der Waals surface area contributed by atoms with Crippen LogP contribution in [0.15, 0.2) is 48.7 Å². The second-order valence-corrected chi connectivity index (χ2v) is 5.52. The molecule has 3 rings (SSSR count). The van der Waals surface area contributed by atoms with Crippen LogP contribution in [0.2, 0.25) is 0 Å². The summed E-state index contributed by atoms with van der Waals surface area (Å²) in [5.74, 6) is 1.06. The smallest absolute Gasteiger partial charge is 0.224 e. The van der Waals surface area contributed by atoms with Gasteiger partial charge in [0, 0.05) is 19.3 Å². The molecule has 1 amide bonds. The number of rotatable bonds is 4. The molecular formula is C17H19N3O. The van der Waals surface area contributed by atoms with Gasteiger partial charge in [0.05, 0.1) is 12.5 Å². The molecule has 1 fully saturated rings. The lowest BCUT2D eigenvalue weighted by Crippen LogP contribution is -2.59. The monoisotopic (exact) mass is 281 g/mol. The van der Waals surface area contributed by atoms with Crippen LogP contribution in [-0.4, -0.2) is 30.0 Å². The number of nitrogens with one attached hydrogen (secondary N) is 1. The van der Waals surface area contributed by atoms with Crippen molar-refractivity contribution in [3.05, 3.63) is 59.8 Å². The Morgan fingerprint density at radius 1 is 1.29 bits per heavy atom. The first-order chi connectivity index (χ1) is 10.2. The van der Waals surface area contributed by atoms with Crippen LogP contribution in [-0.2, 0) is 11.2 Å². The average molecular weight is 281 g/mol. The van der Waals surface area contributed by atoms with Gasteiger partial charge in [-0.15, -0.1) is 0 Å². The van der Waals surface area contributed by atoms with Gasteiger partial charge in [-0.3, -0.25) is 4.79 Å². The number of aromatic nitrogens is 1. The Morgan fingerprint density at radius 2 is 2.14 bits per heavy atom. The van der Waals surface area contributed by atoms with Gasteiger partial charge in [-0.2, -0.15) is 0 Å². The molecule has 0 atom stereocenters. The molecule has 0 radical (unpaired) electrons. The summed E-state index contributed by atoms with van der Waals surface area (Å²) in [6.45, 7) is 3.70. The zero-order chi connectivity index (χ0) is 14.7. The molecular weight excluding hydrogens is 262 g/mol. The summed E-state index contributed by atoms with van der Waals surface area (Å²) in [5.41, 5.74) is 2.25. The lowest BCUT2D eigenvalue weighted by atomic mass is 10.1. The molecule has 0 unspecified atom stereocenters. The SMILES string of the molecule is Cc1cccc(CC(=O)NC2CN(c3ccccn3)C2)c1. The van der Waals surface area contributed by atoms with Gasteiger partial charge < -0.3 is 10.2 Å². The fourth-order valence-electron chi connectivity index (χ4n) is 2.58. The molecule has 108 valence electrons. The Labute approximate surface area is 124 Å². The highest BCUT2D eigenvalue weighted by atomic mass is 16.1. The van der Waals surface area contributed by atoms with Gasteiger partial charge in [-0.25, -0.2) is 4.98 Å². The molecule has 1 aliphatic rings. The number of amides is 1. The maximum Gasteiger partial charge on any atom is 0.224 e. The van der Waals surface area contributed by atoms with Crippen LogP contribution in [0.3, 0.4) is 0 Å². The molecule has 1 saturated heterocycles. The van der Waals surface area contributed by atoms with Gasteiger partial charge in [-0.1, -0.05) is 35.9 Å². The number of nitrogens with zero attached hydrogens (tertiary/aromatic N) is 2. The maximum absolute atomic E-state index is 12.0. The van der Waals surface area contributed by atoms with Gasteiger partial charge in [0.25, 0.3) is 0 Å². The molecule has 0 aliphatic carbocycles. The molecule has 0 saturated carbocycles. The zero-order valence-corrected chi connectivity index (χ0v) is 12.1. The van der Waals surface area contributed by atoms with Gasteiger partial charge in [0.1, 0.15) is 5.82 Å². The molecule has 1 aliphatic heterocycles. The van der Waals surface area contributed by atoms with Gasteiger partial charge >= 0.3 is 0 Å². The van der Waals surface area contributed by atoms with E-state index in [4.69, 9.17) is 0 Å². The summed E-state index contributed by atoms with van der Waals surface area (Å²) < 4.78 is 0. The number of hydrogen-bond donors (Lipinski definition) is 1. The molecule has 2 heterocycles. The van der Waals surface area contributed by atoms with Crippen LogP contribution in [0.25, 0.3) is 0 Å². The van der Waals surface area contributed by atoms with Crippen LogP contribution < -0.4 is 10.2 Å². The number of pyridine rings is 1. The normalized spacial score (nSPS) is 14.6. The Balaban J connectivity index is 1.47. The highest BCUT2D eigenvalue weighted by molar-refractivity contribution is 5.79. The minimum atomic E-state index is 0.0891. The number of carbonyl (C=O) groups excluding carboxylic acids is 1. The van der Waals surface area contributed by atoms with Crippen molar-refractivity contribution in [1.29, 1.82) is 0 Å². The summed E-state index contributed by atoms with van der Waals surface area (Å²) in [7, 11) is 0. The molecule has 1 aromatic carbocycles. The molecule has 1 aromatic heterocycles. The zero-order valence-electron chi connectivity index (χ0n) is 12.1. The number of carbonyl (C=O) groups is 1. The molecule has 4 heteroatoms. The number of aryl methyl sites for hydroxylation is 1. The van der Waals surface area contributed by atoms with Crippen molar-refractivity contribution in [3.8, 4) is 0 Å². The van der Waals surface area contributed by atoms with Crippen molar-refractivity contribution >= 4 is 11.7 Å². The van der Waals surface area contributed by atoms with Crippen molar-refractivity contribution in [2.75, 3.05) is 18.0 Å². The van der Waals surface area contributed by atoms with E-state index in [1.54, 1.807) is 6.20 Å². The van der Waals surface area contributed by atoms with E-state index < -0.39 is 0 Å². The van der Waals surface area contributed by atoms with Crippen molar-refractivity contribution < 1.29 is 4.79 Å². The van der Waals surface area contributed by atoms with Crippen LogP contribution in [0, 0.1) is 6.92 Å². The van der Waals surface area contributed by atoms with E-state index in [9.17, 15) is 4.79 Å². The topological polar surface area (TPSA) is 45.2 Å². The van der Waals surface area contributed by atoms with E-state index in [0.29, 0.717) is 6.42 Å². The highest BCUT2D eigenvalue weighted by Crippen LogP contribution is 2.17. The van der Waals surface area contributed by atoms with E-state index in [1.165, 1.54) is 5.56 Å². The maximum atomic E-state index is 12.0. The molecule has 21 heavy (non-hydrogen) atoms. The summed E-state index contributed by atoms with van der Waals surface area (Å²) >= 11 is 0. The quantitative estimate of drug-likeness (QED) is 0.931. The van der Waals surface area contributed by atoms with Gasteiger partial charge in [-0.05, 0) is 24.6 Å². The summed E-state index contributed by atoms with van der Waals surface area (Å²) in [4.78, 5) is 18.5. The number of benzene rings is 1. The Morgan fingerprint density at radius 3 is 2.86 bits per heavy atom. The minimum Gasteiger partial charge on any atom is -0.352 e. The molecule has 1 N–H and O–H groups in total. The van der Waals surface area contributed by atoms with E-state index in [2.05, 4.69) is 21.3 Å². The molecule has 0 spiro atoms. The lowest BCUT2D eigenvalue weighted by Gasteiger charge is -2.40. The van der Waals surface area contributed by atoms with Crippen molar-refractivity contribution in [2.24, 2.45) is 0 Å². The third kappa shape index (κ3) is 3.40. The first kappa shape index (κ1) is 13.6. The van der Waals surface area contributed by atoms with E-state index in [1.807, 2.05) is 43.3 Å². The second-order valence-electron chi connectivity index (χ2n) is 5.52. The van der Waals surface area contributed by atoms with Crippen molar-refractivity contribution in [1.82, 2.24) is 10.3 Å². The fourth-order valence-corrected chi connectivity index (χ4v) is 2.58. The van der Waals surface area contributed by atoms with E-state index in [-0.39, 0.29) is 11.9 Å². The van der Waals surface area contributed by atoms with Crippen LogP contribution >= 0.6 is 0 Å². The highest BCUT2D eigenvalue weighted by Gasteiger charge is 2.28. The van der Waals surface area contributed by atoms with E-state index in [0.717, 1.165) is 24.5 Å². The van der Waals surface area contributed by atoms with E-state index >= 15 is 0 Å². The predicted octanol–water partition coefficient (Wildman–Crippen LogP) is 1.94. The first-order valence-corrected chi connectivity index (χ1v) is 7.21. The molecule has 0 bridgehead atoms. The summed E-state index contributed by atoms with van der Waals surface area (Å²) in [6.07, 6.45) is 2.24. The lowest BCUT2D eigenvalue weighted by molar-refractivity contribution is -0.121. The van der Waals surface area contributed by atoms with Crippen LogP contribution in [0.5, 0.6) is 0 Å². The Hall–Kier alpha value is -2.36. The summed E-state index contributed by atoms with van der Waals surface area (Å²) in [6, 6.07) is 14.2. The second kappa shape index (κ2) is 5.95.